The maximum atomic E-state index is 13.0. The molecule has 0 saturated carbocycles. The van der Waals surface area contributed by atoms with E-state index in [1.165, 1.54) is 15.8 Å². The van der Waals surface area contributed by atoms with E-state index >= 15 is 0 Å². The first kappa shape index (κ1) is 27.4. The molecule has 11 nitrogen and oxygen atoms in total. The number of aldehydes is 1. The Kier molecular flexibility index (Phi) is 6.90. The van der Waals surface area contributed by atoms with Gasteiger partial charge in [-0.05, 0) is 42.0 Å². The van der Waals surface area contributed by atoms with Gasteiger partial charge < -0.3 is 28.9 Å². The molecule has 0 radical (unpaired) electrons. The Labute approximate surface area is 243 Å². The van der Waals surface area contributed by atoms with Crippen LogP contribution in [-0.2, 0) is 33.0 Å². The third kappa shape index (κ3) is 4.96. The number of anilines is 3. The molecule has 0 spiro atoms. The second-order valence-electron chi connectivity index (χ2n) is 11.7. The number of aliphatic hydroxyl groups is 1. The van der Waals surface area contributed by atoms with Gasteiger partial charge >= 0.3 is 0 Å². The van der Waals surface area contributed by atoms with Crippen molar-refractivity contribution >= 4 is 29.3 Å². The van der Waals surface area contributed by atoms with Crippen LogP contribution in [0.2, 0.25) is 0 Å². The van der Waals surface area contributed by atoms with Gasteiger partial charge in [0.1, 0.15) is 11.5 Å². The van der Waals surface area contributed by atoms with E-state index in [4.69, 9.17) is 0 Å². The summed E-state index contributed by atoms with van der Waals surface area (Å²) in [6.07, 6.45) is 11.6. The molecule has 216 valence electrons. The SMILES string of the molecule is CN(CCn1c(C=O)cc2c1CC(C)(C)C2)c1nccc(-c2cn(C)c(=O)c(Nc3ccn4ccnc4c3)n2)c1CO. The second-order valence-corrected chi connectivity index (χ2v) is 11.7. The third-order valence-electron chi connectivity index (χ3n) is 7.99. The van der Waals surface area contributed by atoms with Crippen molar-refractivity contribution in [3.63, 3.8) is 0 Å². The first-order valence-corrected chi connectivity index (χ1v) is 13.9. The van der Waals surface area contributed by atoms with Gasteiger partial charge in [0.25, 0.3) is 5.56 Å². The number of carbonyl (C=O) groups is 1. The van der Waals surface area contributed by atoms with Gasteiger partial charge in [-0.1, -0.05) is 13.8 Å². The summed E-state index contributed by atoms with van der Waals surface area (Å²) in [7, 11) is 3.59. The smallest absolute Gasteiger partial charge is 0.293 e. The lowest BCUT2D eigenvalue weighted by Crippen LogP contribution is -2.26. The highest BCUT2D eigenvalue weighted by molar-refractivity contribution is 5.74. The Morgan fingerprint density at radius 2 is 1.98 bits per heavy atom. The van der Waals surface area contributed by atoms with Crippen molar-refractivity contribution in [3.8, 4) is 11.3 Å². The molecule has 0 unspecified atom stereocenters. The maximum Gasteiger partial charge on any atom is 0.293 e. The molecule has 1 aliphatic carbocycles. The number of pyridine rings is 2. The number of nitrogens with zero attached hydrogens (tertiary/aromatic N) is 7. The van der Waals surface area contributed by atoms with E-state index in [1.54, 1.807) is 31.7 Å². The third-order valence-corrected chi connectivity index (χ3v) is 7.99. The highest BCUT2D eigenvalue weighted by Crippen LogP contribution is 2.38. The molecule has 11 heteroatoms. The first-order valence-electron chi connectivity index (χ1n) is 13.9. The fourth-order valence-electron chi connectivity index (χ4n) is 5.93. The highest BCUT2D eigenvalue weighted by Gasteiger charge is 2.32. The van der Waals surface area contributed by atoms with E-state index in [9.17, 15) is 14.7 Å². The molecule has 0 atom stereocenters. The van der Waals surface area contributed by atoms with Crippen LogP contribution in [-0.4, -0.2) is 53.5 Å². The molecule has 0 amide bonds. The fraction of sp³-hybridized carbons (Fsp3) is 0.323. The average Bonchev–Trinajstić information content (AvgIpc) is 3.65. The zero-order valence-electron chi connectivity index (χ0n) is 24.2. The highest BCUT2D eigenvalue weighted by atomic mass is 16.3. The lowest BCUT2D eigenvalue weighted by molar-refractivity contribution is 0.111. The largest absolute Gasteiger partial charge is 0.392 e. The second kappa shape index (κ2) is 10.6. The van der Waals surface area contributed by atoms with Crippen molar-refractivity contribution in [2.45, 2.75) is 39.8 Å². The number of likely N-dealkylation sites (N-methyl/N-ethyl adjacent to an activating group) is 1. The number of imidazole rings is 1. The van der Waals surface area contributed by atoms with Gasteiger partial charge in [-0.3, -0.25) is 9.59 Å². The number of aliphatic hydroxyl groups excluding tert-OH is 1. The van der Waals surface area contributed by atoms with Crippen molar-refractivity contribution in [2.24, 2.45) is 12.5 Å². The van der Waals surface area contributed by atoms with Crippen LogP contribution in [0, 0.1) is 5.41 Å². The Balaban J connectivity index is 1.29. The molecule has 0 aromatic carbocycles. The van der Waals surface area contributed by atoms with E-state index < -0.39 is 0 Å². The number of nitrogens with one attached hydrogen (secondary N) is 1. The van der Waals surface area contributed by atoms with Crippen LogP contribution in [0.15, 0.2) is 60.0 Å². The van der Waals surface area contributed by atoms with Gasteiger partial charge in [0, 0.05) is 86.7 Å². The summed E-state index contributed by atoms with van der Waals surface area (Å²) in [5.41, 5.74) is 6.28. The van der Waals surface area contributed by atoms with Gasteiger partial charge in [-0.2, -0.15) is 0 Å². The number of carbonyl (C=O) groups excluding carboxylic acids is 1. The molecular formula is C31H34N8O3. The minimum absolute atomic E-state index is 0.160. The molecule has 0 saturated heterocycles. The van der Waals surface area contributed by atoms with Crippen molar-refractivity contribution in [3.05, 3.63) is 88.1 Å². The maximum absolute atomic E-state index is 13.0. The topological polar surface area (TPSA) is 123 Å². The van der Waals surface area contributed by atoms with Crippen LogP contribution in [0.25, 0.3) is 16.9 Å². The minimum Gasteiger partial charge on any atom is -0.392 e. The Morgan fingerprint density at radius 1 is 1.14 bits per heavy atom. The van der Waals surface area contributed by atoms with Gasteiger partial charge in [0.2, 0.25) is 0 Å². The van der Waals surface area contributed by atoms with Crippen molar-refractivity contribution < 1.29 is 9.90 Å². The number of hydrogen-bond donors (Lipinski definition) is 2. The Hall–Kier alpha value is -4.77. The van der Waals surface area contributed by atoms with Crippen LogP contribution in [0.4, 0.5) is 17.3 Å². The molecule has 2 N–H and O–H groups in total. The standard InChI is InChI=1S/C31H34N8O3/c1-31(2)15-20-13-22(18-40)39(26(20)16-31)12-11-36(3)29-24(19-41)23(5-7-33-29)25-17-37(4)30(42)28(35-25)34-21-6-9-38-10-8-32-27(38)14-21/h5-10,13-14,17-18,41H,11-12,15-16,19H2,1-4H3,(H,34,35). The van der Waals surface area contributed by atoms with Crippen molar-refractivity contribution in [1.29, 1.82) is 0 Å². The molecule has 5 aromatic heterocycles. The van der Waals surface area contributed by atoms with Crippen LogP contribution in [0.5, 0.6) is 0 Å². The molecule has 0 fully saturated rings. The average molecular weight is 567 g/mol. The van der Waals surface area contributed by atoms with Gasteiger partial charge in [0.15, 0.2) is 12.1 Å². The molecule has 0 bridgehead atoms. The zero-order valence-corrected chi connectivity index (χ0v) is 24.2. The molecular weight excluding hydrogens is 532 g/mol. The Bertz CT molecular complexity index is 1870. The predicted octanol–water partition coefficient (Wildman–Crippen LogP) is 3.60. The molecule has 6 rings (SSSR count). The van der Waals surface area contributed by atoms with Crippen LogP contribution < -0.4 is 15.8 Å². The quantitative estimate of drug-likeness (QED) is 0.260. The summed E-state index contributed by atoms with van der Waals surface area (Å²) < 4.78 is 5.46. The fourth-order valence-corrected chi connectivity index (χ4v) is 5.93. The summed E-state index contributed by atoms with van der Waals surface area (Å²) in [5, 5.41) is 13.6. The summed E-state index contributed by atoms with van der Waals surface area (Å²) in [6.45, 7) is 5.42. The van der Waals surface area contributed by atoms with E-state index in [-0.39, 0.29) is 23.4 Å². The number of aromatic nitrogens is 6. The number of fused-ring (bicyclic) bond motifs is 2. The summed E-state index contributed by atoms with van der Waals surface area (Å²) in [4.78, 5) is 40.4. The minimum atomic E-state index is -0.285. The van der Waals surface area contributed by atoms with E-state index in [0.29, 0.717) is 47.1 Å². The van der Waals surface area contributed by atoms with Gasteiger partial charge in [0.05, 0.1) is 18.0 Å². The molecule has 42 heavy (non-hydrogen) atoms. The zero-order chi connectivity index (χ0) is 29.6. The van der Waals surface area contributed by atoms with Gasteiger partial charge in [-0.15, -0.1) is 0 Å². The predicted molar refractivity (Wildman–Crippen MR) is 161 cm³/mol. The number of aryl methyl sites for hydroxylation is 1. The van der Waals surface area contributed by atoms with E-state index in [0.717, 1.165) is 24.8 Å². The van der Waals surface area contributed by atoms with Gasteiger partial charge in [-0.25, -0.2) is 15.0 Å². The Morgan fingerprint density at radius 3 is 2.76 bits per heavy atom. The van der Waals surface area contributed by atoms with Crippen LogP contribution in [0.3, 0.4) is 0 Å². The normalized spacial score (nSPS) is 13.8. The lowest BCUT2D eigenvalue weighted by atomic mass is 9.90. The lowest BCUT2D eigenvalue weighted by Gasteiger charge is -2.24. The van der Waals surface area contributed by atoms with Crippen LogP contribution in [0.1, 0.15) is 41.2 Å². The van der Waals surface area contributed by atoms with Crippen molar-refractivity contribution in [2.75, 3.05) is 23.8 Å². The molecule has 1 aliphatic rings. The molecule has 5 heterocycles. The summed E-state index contributed by atoms with van der Waals surface area (Å²) in [6, 6.07) is 7.49. The number of hydrogen-bond acceptors (Lipinski definition) is 8. The first-order chi connectivity index (χ1) is 20.2. The monoisotopic (exact) mass is 566 g/mol. The van der Waals surface area contributed by atoms with Crippen LogP contribution >= 0.6 is 0 Å². The van der Waals surface area contributed by atoms with E-state index in [1.807, 2.05) is 46.9 Å². The van der Waals surface area contributed by atoms with E-state index in [2.05, 4.69) is 38.7 Å². The summed E-state index contributed by atoms with van der Waals surface area (Å²) >= 11 is 0. The molecule has 0 aliphatic heterocycles. The van der Waals surface area contributed by atoms with Crippen molar-refractivity contribution in [1.82, 2.24) is 28.5 Å². The summed E-state index contributed by atoms with van der Waals surface area (Å²) in [5.74, 6) is 0.772. The number of rotatable bonds is 9. The molecule has 5 aromatic rings.